The van der Waals surface area contributed by atoms with E-state index in [-0.39, 0.29) is 19.3 Å². The summed E-state index contributed by atoms with van der Waals surface area (Å²) in [5.74, 6) is 0.595. The van der Waals surface area contributed by atoms with Crippen LogP contribution in [0, 0.1) is 5.92 Å². The Morgan fingerprint density at radius 1 is 1.03 bits per heavy atom. The van der Waals surface area contributed by atoms with Crippen LogP contribution in [0.15, 0.2) is 65.8 Å². The van der Waals surface area contributed by atoms with Gasteiger partial charge in [-0.1, -0.05) is 55.2 Å². The second kappa shape index (κ2) is 12.0. The van der Waals surface area contributed by atoms with E-state index < -0.39 is 17.9 Å². The summed E-state index contributed by atoms with van der Waals surface area (Å²) in [6.07, 6.45) is 1.49. The van der Waals surface area contributed by atoms with Gasteiger partial charge in [-0.25, -0.2) is 5.43 Å². The van der Waals surface area contributed by atoms with Crippen LogP contribution in [-0.4, -0.2) is 30.9 Å². The second-order valence-electron chi connectivity index (χ2n) is 8.57. The Morgan fingerprint density at radius 2 is 1.81 bits per heavy atom. The lowest BCUT2D eigenvalue weighted by Crippen LogP contribution is -2.48. The van der Waals surface area contributed by atoms with Crippen molar-refractivity contribution in [3.63, 3.8) is 0 Å². The number of fused-ring (bicyclic) bond motifs is 1. The maximum Gasteiger partial charge on any atom is 0.262 e. The van der Waals surface area contributed by atoms with Crippen LogP contribution in [0.3, 0.4) is 0 Å². The van der Waals surface area contributed by atoms with E-state index >= 15 is 0 Å². The van der Waals surface area contributed by atoms with Crippen LogP contribution in [0.4, 0.5) is 0 Å². The van der Waals surface area contributed by atoms with Crippen molar-refractivity contribution in [3.8, 4) is 17.2 Å². The topological polar surface area (TPSA) is 98.2 Å². The number of halogens is 2. The van der Waals surface area contributed by atoms with Gasteiger partial charge in [0.15, 0.2) is 11.5 Å². The Morgan fingerprint density at radius 3 is 2.59 bits per heavy atom. The number of benzene rings is 3. The summed E-state index contributed by atoms with van der Waals surface area (Å²) in [4.78, 5) is 25.6. The first-order valence-electron chi connectivity index (χ1n) is 11.5. The largest absolute Gasteiger partial charge is 0.488 e. The molecule has 3 aromatic carbocycles. The molecular formula is C27H25Cl2N3O5. The van der Waals surface area contributed by atoms with Gasteiger partial charge in [-0.3, -0.25) is 9.59 Å². The second-order valence-corrected chi connectivity index (χ2v) is 9.39. The van der Waals surface area contributed by atoms with E-state index in [1.54, 1.807) is 42.5 Å². The normalized spacial score (nSPS) is 13.0. The Balaban J connectivity index is 1.37. The molecule has 1 heterocycles. The van der Waals surface area contributed by atoms with Gasteiger partial charge in [0.1, 0.15) is 18.4 Å². The average Bonchev–Trinajstić information content (AvgIpc) is 3.36. The summed E-state index contributed by atoms with van der Waals surface area (Å²) in [7, 11) is 0. The predicted molar refractivity (Wildman–Crippen MR) is 142 cm³/mol. The first kappa shape index (κ1) is 26.3. The number of hydrogen-bond acceptors (Lipinski definition) is 6. The number of amides is 2. The van der Waals surface area contributed by atoms with Gasteiger partial charge < -0.3 is 19.5 Å². The van der Waals surface area contributed by atoms with E-state index in [1.807, 2.05) is 32.0 Å². The number of para-hydroxylation sites is 1. The minimum atomic E-state index is -0.809. The number of rotatable bonds is 9. The molecule has 1 aliphatic rings. The van der Waals surface area contributed by atoms with E-state index in [1.165, 1.54) is 6.21 Å². The average molecular weight is 542 g/mol. The van der Waals surface area contributed by atoms with Gasteiger partial charge in [0.05, 0.1) is 16.3 Å². The smallest absolute Gasteiger partial charge is 0.262 e. The summed E-state index contributed by atoms with van der Waals surface area (Å²) in [6, 6.07) is 16.6. The lowest BCUT2D eigenvalue weighted by atomic mass is 10.0. The lowest BCUT2D eigenvalue weighted by Gasteiger charge is -2.20. The zero-order valence-corrected chi connectivity index (χ0v) is 21.7. The Labute approximate surface area is 224 Å². The highest BCUT2D eigenvalue weighted by Gasteiger charge is 2.25. The van der Waals surface area contributed by atoms with E-state index in [9.17, 15) is 9.59 Å². The molecule has 0 aromatic heterocycles. The number of carbonyl (C=O) groups is 2. The molecule has 0 aliphatic carbocycles. The van der Waals surface area contributed by atoms with Crippen molar-refractivity contribution >= 4 is 41.2 Å². The third-order valence-corrected chi connectivity index (χ3v) is 6.29. The fourth-order valence-electron chi connectivity index (χ4n) is 3.54. The van der Waals surface area contributed by atoms with Crippen LogP contribution >= 0.6 is 23.2 Å². The van der Waals surface area contributed by atoms with Gasteiger partial charge in [-0.15, -0.1) is 0 Å². The predicted octanol–water partition coefficient (Wildman–Crippen LogP) is 5.21. The SMILES string of the molecule is CC(C)C(NC(=O)c1ccc2c(c1)OCO2)C(=O)N/N=C/c1ccccc1OCc1ccc(Cl)c(Cl)c1. The Bertz CT molecular complexity index is 1330. The lowest BCUT2D eigenvalue weighted by molar-refractivity contribution is -0.123. The van der Waals surface area contributed by atoms with Crippen molar-refractivity contribution in [2.75, 3.05) is 6.79 Å². The third kappa shape index (κ3) is 6.72. The maximum absolute atomic E-state index is 12.8. The van der Waals surface area contributed by atoms with E-state index in [0.717, 1.165) is 5.56 Å². The summed E-state index contributed by atoms with van der Waals surface area (Å²) in [5, 5.41) is 7.77. The minimum Gasteiger partial charge on any atom is -0.488 e. The molecule has 37 heavy (non-hydrogen) atoms. The molecule has 8 nitrogen and oxygen atoms in total. The van der Waals surface area contributed by atoms with Gasteiger partial charge in [-0.05, 0) is 53.9 Å². The van der Waals surface area contributed by atoms with Gasteiger partial charge >= 0.3 is 0 Å². The fourth-order valence-corrected chi connectivity index (χ4v) is 3.86. The molecule has 4 rings (SSSR count). The van der Waals surface area contributed by atoms with Gasteiger partial charge in [0.25, 0.3) is 11.8 Å². The first-order valence-corrected chi connectivity index (χ1v) is 12.3. The maximum atomic E-state index is 12.8. The fraction of sp³-hybridized carbons (Fsp3) is 0.222. The van der Waals surface area contributed by atoms with Crippen LogP contribution in [0.1, 0.15) is 35.3 Å². The van der Waals surface area contributed by atoms with Gasteiger partial charge in [0, 0.05) is 11.1 Å². The van der Waals surface area contributed by atoms with E-state index in [0.29, 0.717) is 38.4 Å². The monoisotopic (exact) mass is 541 g/mol. The van der Waals surface area contributed by atoms with Crippen molar-refractivity contribution in [2.45, 2.75) is 26.5 Å². The molecule has 0 saturated carbocycles. The number of nitrogens with one attached hydrogen (secondary N) is 2. The molecule has 1 unspecified atom stereocenters. The molecular weight excluding hydrogens is 517 g/mol. The molecule has 2 N–H and O–H groups in total. The van der Waals surface area contributed by atoms with E-state index in [2.05, 4.69) is 15.8 Å². The summed E-state index contributed by atoms with van der Waals surface area (Å²) < 4.78 is 16.5. The van der Waals surface area contributed by atoms with Gasteiger partial charge in [-0.2, -0.15) is 5.10 Å². The zero-order chi connectivity index (χ0) is 26.4. The Kier molecular flexibility index (Phi) is 8.53. The molecule has 1 atom stereocenters. The quantitative estimate of drug-likeness (QED) is 0.286. The van der Waals surface area contributed by atoms with Crippen LogP contribution < -0.4 is 25.0 Å². The van der Waals surface area contributed by atoms with Crippen LogP contribution in [0.25, 0.3) is 0 Å². The molecule has 2 amide bonds. The highest BCUT2D eigenvalue weighted by Crippen LogP contribution is 2.32. The van der Waals surface area contributed by atoms with Crippen LogP contribution in [0.2, 0.25) is 10.0 Å². The van der Waals surface area contributed by atoms with Gasteiger partial charge in [0.2, 0.25) is 6.79 Å². The van der Waals surface area contributed by atoms with E-state index in [4.69, 9.17) is 37.4 Å². The van der Waals surface area contributed by atoms with Crippen molar-refractivity contribution in [3.05, 3.63) is 87.4 Å². The summed E-state index contributed by atoms with van der Waals surface area (Å²) >= 11 is 12.0. The molecule has 3 aromatic rings. The molecule has 0 fully saturated rings. The first-order chi connectivity index (χ1) is 17.8. The molecule has 192 valence electrons. The third-order valence-electron chi connectivity index (χ3n) is 5.55. The standard InChI is InChI=1S/C27H25Cl2N3O5/c1-16(2)25(31-26(33)18-8-10-23-24(12-18)37-15-36-23)27(34)32-30-13-19-5-3-4-6-22(19)35-14-17-7-9-20(28)21(29)11-17/h3-13,16,25H,14-15H2,1-2H3,(H,31,33)(H,32,34)/b30-13+. The number of carbonyl (C=O) groups excluding carboxylic acids is 2. The van der Waals surface area contributed by atoms with Crippen molar-refractivity contribution in [2.24, 2.45) is 11.0 Å². The summed E-state index contributed by atoms with van der Waals surface area (Å²) in [6.45, 7) is 4.05. The molecule has 0 bridgehead atoms. The Hall–Kier alpha value is -3.75. The van der Waals surface area contributed by atoms with Crippen LogP contribution in [-0.2, 0) is 11.4 Å². The number of hydrogen-bond donors (Lipinski definition) is 2. The molecule has 10 heteroatoms. The molecule has 0 saturated heterocycles. The van der Waals surface area contributed by atoms with Crippen molar-refractivity contribution in [1.29, 1.82) is 0 Å². The minimum absolute atomic E-state index is 0.110. The molecule has 0 radical (unpaired) electrons. The zero-order valence-electron chi connectivity index (χ0n) is 20.2. The number of nitrogens with zero attached hydrogens (tertiary/aromatic N) is 1. The van der Waals surface area contributed by atoms with Crippen molar-refractivity contribution < 1.29 is 23.8 Å². The van der Waals surface area contributed by atoms with Crippen LogP contribution in [0.5, 0.6) is 17.2 Å². The number of ether oxygens (including phenoxy) is 3. The highest BCUT2D eigenvalue weighted by molar-refractivity contribution is 6.42. The highest BCUT2D eigenvalue weighted by atomic mass is 35.5. The summed E-state index contributed by atoms with van der Waals surface area (Å²) in [5.41, 5.74) is 4.38. The number of hydrazone groups is 1. The molecule has 1 aliphatic heterocycles. The molecule has 0 spiro atoms. The van der Waals surface area contributed by atoms with Crippen molar-refractivity contribution in [1.82, 2.24) is 10.7 Å².